The van der Waals surface area contributed by atoms with Crippen LogP contribution in [0.4, 0.5) is 4.39 Å². The van der Waals surface area contributed by atoms with E-state index in [2.05, 4.69) is 31.2 Å². The maximum absolute atomic E-state index is 12.7. The van der Waals surface area contributed by atoms with Crippen molar-refractivity contribution in [3.63, 3.8) is 0 Å². The second-order valence-electron chi connectivity index (χ2n) is 10.4. The van der Waals surface area contributed by atoms with Gasteiger partial charge in [0.25, 0.3) is 0 Å². The Kier molecular flexibility index (Phi) is 8.22. The zero-order valence-electron chi connectivity index (χ0n) is 19.5. The fraction of sp³-hybridized carbons (Fsp3) is 0.600. The average molecular weight is 421 g/mol. The second-order valence-corrected chi connectivity index (χ2v) is 10.4. The van der Waals surface area contributed by atoms with Gasteiger partial charge < -0.3 is 0 Å². The van der Waals surface area contributed by atoms with E-state index in [4.69, 9.17) is 0 Å². The molecule has 0 N–H and O–H groups in total. The summed E-state index contributed by atoms with van der Waals surface area (Å²) >= 11 is 0. The number of benzene rings is 2. The number of alkyl halides is 1. The average Bonchev–Trinajstić information content (AvgIpc) is 2.84. The lowest BCUT2D eigenvalue weighted by atomic mass is 9.74. The third kappa shape index (κ3) is 6.21. The Labute approximate surface area is 189 Å². The van der Waals surface area contributed by atoms with Gasteiger partial charge in [-0.05, 0) is 71.6 Å². The van der Waals surface area contributed by atoms with E-state index in [-0.39, 0.29) is 6.67 Å². The van der Waals surface area contributed by atoms with Crippen LogP contribution in [0.2, 0.25) is 0 Å². The second kappa shape index (κ2) is 11.3. The van der Waals surface area contributed by atoms with Crippen LogP contribution in [-0.4, -0.2) is 0 Å². The van der Waals surface area contributed by atoms with Crippen molar-refractivity contribution in [1.29, 1.82) is 0 Å². The molecule has 0 atom stereocenters. The van der Waals surface area contributed by atoms with Crippen LogP contribution in [0.5, 0.6) is 0 Å². The van der Waals surface area contributed by atoms with Gasteiger partial charge in [0.1, 0.15) is 6.67 Å². The highest BCUT2D eigenvalue weighted by Crippen LogP contribution is 2.40. The van der Waals surface area contributed by atoms with Gasteiger partial charge in [-0.15, -0.1) is 0 Å². The van der Waals surface area contributed by atoms with E-state index >= 15 is 0 Å². The van der Waals surface area contributed by atoms with Crippen LogP contribution in [0.15, 0.2) is 48.5 Å². The summed E-state index contributed by atoms with van der Waals surface area (Å²) in [5.41, 5.74) is 4.67. The maximum Gasteiger partial charge on any atom is 0.115 e. The topological polar surface area (TPSA) is 0 Å². The summed E-state index contributed by atoms with van der Waals surface area (Å²) in [5.74, 6) is 3.77. The minimum Gasteiger partial charge on any atom is -0.246 e. The number of hydrogen-bond acceptors (Lipinski definition) is 0. The molecule has 0 radical (unpaired) electrons. The monoisotopic (exact) mass is 420 g/mol. The molecule has 2 aromatic carbocycles. The molecule has 0 bridgehead atoms. The standard InChI is InChI=1S/C30H41F/c1-2-3-23-4-6-24(7-5-23)8-9-25-10-14-27(15-11-25)29-18-20-30(21-19-29)28-16-12-26(22-31)13-17-28/h12-13,16-21,23-25,27H,2-11,14-15,22H2,1H3. The zero-order valence-corrected chi connectivity index (χ0v) is 19.5. The van der Waals surface area contributed by atoms with E-state index in [1.54, 1.807) is 0 Å². The Bertz CT molecular complexity index is 759. The Morgan fingerprint density at radius 3 is 1.55 bits per heavy atom. The first-order valence-corrected chi connectivity index (χ1v) is 13.0. The molecule has 168 valence electrons. The molecule has 0 saturated heterocycles. The molecule has 0 amide bonds. The molecule has 0 spiro atoms. The van der Waals surface area contributed by atoms with Gasteiger partial charge in [0.15, 0.2) is 0 Å². The summed E-state index contributed by atoms with van der Waals surface area (Å²) in [5, 5.41) is 0. The van der Waals surface area contributed by atoms with Crippen molar-refractivity contribution in [1.82, 2.24) is 0 Å². The smallest absolute Gasteiger partial charge is 0.115 e. The van der Waals surface area contributed by atoms with E-state index in [0.717, 1.165) is 29.2 Å². The quantitative estimate of drug-likeness (QED) is 0.399. The molecule has 2 aliphatic rings. The number of rotatable bonds is 8. The van der Waals surface area contributed by atoms with Crippen LogP contribution in [0.1, 0.15) is 101 Å². The normalized spacial score (nSPS) is 26.6. The predicted molar refractivity (Wildman–Crippen MR) is 131 cm³/mol. The number of halogens is 1. The molecule has 2 aliphatic carbocycles. The molecular weight excluding hydrogens is 379 g/mol. The Hall–Kier alpha value is -1.63. The summed E-state index contributed by atoms with van der Waals surface area (Å²) in [6.07, 6.45) is 17.4. The molecular formula is C30H41F. The zero-order chi connectivity index (χ0) is 21.5. The summed E-state index contributed by atoms with van der Waals surface area (Å²) in [6.45, 7) is 1.95. The highest BCUT2D eigenvalue weighted by molar-refractivity contribution is 5.64. The van der Waals surface area contributed by atoms with E-state index in [0.29, 0.717) is 0 Å². The molecule has 31 heavy (non-hydrogen) atoms. The highest BCUT2D eigenvalue weighted by Gasteiger charge is 2.25. The summed E-state index contributed by atoms with van der Waals surface area (Å²) < 4.78 is 12.7. The van der Waals surface area contributed by atoms with E-state index < -0.39 is 0 Å². The van der Waals surface area contributed by atoms with Gasteiger partial charge >= 0.3 is 0 Å². The lowest BCUT2D eigenvalue weighted by Gasteiger charge is -2.32. The first-order valence-electron chi connectivity index (χ1n) is 13.0. The SMILES string of the molecule is CCCC1CCC(CCC2CCC(c3ccc(-c4ccc(CF)cc4)cc3)CC2)CC1. The molecule has 0 aliphatic heterocycles. The van der Waals surface area contributed by atoms with Crippen molar-refractivity contribution in [3.05, 3.63) is 59.7 Å². The van der Waals surface area contributed by atoms with Crippen LogP contribution in [0.25, 0.3) is 11.1 Å². The van der Waals surface area contributed by atoms with E-state index in [1.807, 2.05) is 24.3 Å². The predicted octanol–water partition coefficient (Wildman–Crippen LogP) is 9.48. The van der Waals surface area contributed by atoms with Crippen LogP contribution in [0.3, 0.4) is 0 Å². The van der Waals surface area contributed by atoms with Gasteiger partial charge in [0.05, 0.1) is 0 Å². The lowest BCUT2D eigenvalue weighted by Crippen LogP contribution is -2.17. The molecule has 1 heteroatoms. The van der Waals surface area contributed by atoms with Crippen LogP contribution in [0, 0.1) is 17.8 Å². The van der Waals surface area contributed by atoms with Crippen LogP contribution >= 0.6 is 0 Å². The third-order valence-electron chi connectivity index (χ3n) is 8.32. The molecule has 0 nitrogen and oxygen atoms in total. The minimum atomic E-state index is -0.387. The Morgan fingerprint density at radius 1 is 0.613 bits per heavy atom. The molecule has 0 heterocycles. The maximum atomic E-state index is 12.7. The Morgan fingerprint density at radius 2 is 1.06 bits per heavy atom. The van der Waals surface area contributed by atoms with E-state index in [1.165, 1.54) is 93.7 Å². The highest BCUT2D eigenvalue weighted by atomic mass is 19.1. The van der Waals surface area contributed by atoms with Gasteiger partial charge in [-0.25, -0.2) is 4.39 Å². The molecule has 0 aromatic heterocycles. The van der Waals surface area contributed by atoms with Gasteiger partial charge in [-0.1, -0.05) is 107 Å². The van der Waals surface area contributed by atoms with Crippen LogP contribution in [-0.2, 0) is 6.67 Å². The van der Waals surface area contributed by atoms with Crippen molar-refractivity contribution in [3.8, 4) is 11.1 Å². The molecule has 2 aromatic rings. The molecule has 2 saturated carbocycles. The lowest BCUT2D eigenvalue weighted by molar-refractivity contribution is 0.224. The van der Waals surface area contributed by atoms with Crippen LogP contribution < -0.4 is 0 Å². The van der Waals surface area contributed by atoms with Gasteiger partial charge in [-0.3, -0.25) is 0 Å². The van der Waals surface area contributed by atoms with Crippen molar-refractivity contribution in [2.45, 2.75) is 96.6 Å². The largest absolute Gasteiger partial charge is 0.246 e. The van der Waals surface area contributed by atoms with Crippen molar-refractivity contribution >= 4 is 0 Å². The minimum absolute atomic E-state index is 0.387. The van der Waals surface area contributed by atoms with Gasteiger partial charge in [0, 0.05) is 0 Å². The third-order valence-corrected chi connectivity index (χ3v) is 8.32. The van der Waals surface area contributed by atoms with Crippen molar-refractivity contribution in [2.75, 3.05) is 0 Å². The summed E-state index contributed by atoms with van der Waals surface area (Å²) in [6, 6.07) is 17.0. The summed E-state index contributed by atoms with van der Waals surface area (Å²) in [7, 11) is 0. The first-order chi connectivity index (χ1) is 15.2. The summed E-state index contributed by atoms with van der Waals surface area (Å²) in [4.78, 5) is 0. The number of hydrogen-bond donors (Lipinski definition) is 0. The molecule has 2 fully saturated rings. The Balaban J connectivity index is 1.21. The molecule has 0 unspecified atom stereocenters. The van der Waals surface area contributed by atoms with Gasteiger partial charge in [0.2, 0.25) is 0 Å². The van der Waals surface area contributed by atoms with E-state index in [9.17, 15) is 4.39 Å². The fourth-order valence-corrected chi connectivity index (χ4v) is 6.21. The first kappa shape index (κ1) is 22.6. The van der Waals surface area contributed by atoms with Crippen molar-refractivity contribution in [2.24, 2.45) is 17.8 Å². The van der Waals surface area contributed by atoms with Gasteiger partial charge in [-0.2, -0.15) is 0 Å². The fourth-order valence-electron chi connectivity index (χ4n) is 6.21. The molecule has 4 rings (SSSR count). The van der Waals surface area contributed by atoms with Crippen molar-refractivity contribution < 1.29 is 4.39 Å².